The van der Waals surface area contributed by atoms with Gasteiger partial charge in [0.15, 0.2) is 0 Å². The van der Waals surface area contributed by atoms with Crippen molar-refractivity contribution in [1.29, 1.82) is 0 Å². The van der Waals surface area contributed by atoms with Crippen molar-refractivity contribution in [3.05, 3.63) is 0 Å². The number of hydrogen-bond donors (Lipinski definition) is 0. The summed E-state index contributed by atoms with van der Waals surface area (Å²) < 4.78 is 33.2. The Kier molecular flexibility index (Phi) is 2.95. The zero-order valence-corrected chi connectivity index (χ0v) is 9.13. The predicted octanol–water partition coefficient (Wildman–Crippen LogP) is 2.36. The van der Waals surface area contributed by atoms with E-state index in [1.54, 1.807) is 13.8 Å². The molecule has 0 radical (unpaired) electrons. The molecule has 0 aromatic carbocycles. The molecule has 0 N–H and O–H groups in total. The van der Waals surface area contributed by atoms with Crippen LogP contribution in [0.2, 0.25) is 0 Å². The Morgan fingerprint density at radius 3 is 1.50 bits per heavy atom. The molecule has 0 bridgehead atoms. The van der Waals surface area contributed by atoms with Crippen molar-refractivity contribution in [1.82, 2.24) is 0 Å². The van der Waals surface area contributed by atoms with Gasteiger partial charge in [0.25, 0.3) is 0 Å². The maximum absolute atomic E-state index is 12.4. The van der Waals surface area contributed by atoms with Gasteiger partial charge in [-0.3, -0.25) is 0 Å². The molecule has 74 valence electrons. The first-order chi connectivity index (χ1) is 4.96. The fourth-order valence-corrected chi connectivity index (χ4v) is 1.94. The van der Waals surface area contributed by atoms with E-state index in [-0.39, 0.29) is 5.41 Å². The Hall–Kier alpha value is -0.120. The summed E-state index contributed by atoms with van der Waals surface area (Å²) >= 11 is 0. The first-order valence-electron chi connectivity index (χ1n) is 3.88. The normalized spacial score (nSPS) is 14.8. The Labute approximate surface area is 74.4 Å². The Morgan fingerprint density at radius 2 is 1.42 bits per heavy atom. The lowest BCUT2D eigenvalue weighted by Crippen LogP contribution is -2.35. The molecule has 0 aliphatic rings. The molecule has 0 aromatic heterocycles. The minimum absolute atomic E-state index is 0.216. The second kappa shape index (κ2) is 2.98. The molecule has 12 heavy (non-hydrogen) atoms. The van der Waals surface area contributed by atoms with Crippen molar-refractivity contribution >= 4 is 10.2 Å². The van der Waals surface area contributed by atoms with Crippen LogP contribution in [0.3, 0.4) is 0 Å². The van der Waals surface area contributed by atoms with E-state index in [0.29, 0.717) is 0 Å². The molecule has 2 nitrogen and oxygen atoms in total. The van der Waals surface area contributed by atoms with Crippen molar-refractivity contribution in [2.24, 2.45) is 10.8 Å². The molecule has 0 amide bonds. The van der Waals surface area contributed by atoms with E-state index < -0.39 is 21.4 Å². The minimum atomic E-state index is -4.36. The topological polar surface area (TPSA) is 34.1 Å². The zero-order chi connectivity index (χ0) is 10.2. The van der Waals surface area contributed by atoms with Crippen LogP contribution in [0, 0.1) is 10.8 Å². The second-order valence-electron chi connectivity index (χ2n) is 4.82. The third kappa shape index (κ3) is 3.52. The van der Waals surface area contributed by atoms with Gasteiger partial charge < -0.3 is 0 Å². The smallest absolute Gasteiger partial charge is 0.195 e. The lowest BCUT2D eigenvalue weighted by atomic mass is 9.71. The summed E-state index contributed by atoms with van der Waals surface area (Å²) in [5.74, 6) is -0.413. The summed E-state index contributed by atoms with van der Waals surface area (Å²) in [6, 6.07) is 0. The summed E-state index contributed by atoms with van der Waals surface area (Å²) in [6.45, 7) is 9.21. The highest BCUT2D eigenvalue weighted by molar-refractivity contribution is 7.86. The van der Waals surface area contributed by atoms with E-state index in [1.807, 2.05) is 20.8 Å². The van der Waals surface area contributed by atoms with Crippen LogP contribution in [-0.2, 0) is 10.2 Å². The maximum atomic E-state index is 12.4. The Morgan fingerprint density at radius 1 is 1.08 bits per heavy atom. The summed E-state index contributed by atoms with van der Waals surface area (Å²) in [6.07, 6.45) is 0. The molecule has 0 spiro atoms. The van der Waals surface area contributed by atoms with Crippen molar-refractivity contribution in [3.8, 4) is 0 Å². The minimum Gasteiger partial charge on any atom is -0.195 e. The quantitative estimate of drug-likeness (QED) is 0.635. The van der Waals surface area contributed by atoms with Crippen molar-refractivity contribution in [2.75, 3.05) is 5.75 Å². The average Bonchev–Trinajstić information content (AvgIpc) is 1.52. The molecule has 0 unspecified atom stereocenters. The van der Waals surface area contributed by atoms with Gasteiger partial charge in [-0.1, -0.05) is 34.6 Å². The van der Waals surface area contributed by atoms with Gasteiger partial charge in [-0.05, 0) is 10.8 Å². The van der Waals surface area contributed by atoms with Gasteiger partial charge in [-0.25, -0.2) is 0 Å². The van der Waals surface area contributed by atoms with Gasteiger partial charge in [0.1, 0.15) is 0 Å². The van der Waals surface area contributed by atoms with E-state index in [1.165, 1.54) is 0 Å². The monoisotopic (exact) mass is 196 g/mol. The average molecular weight is 196 g/mol. The molecule has 0 saturated heterocycles. The lowest BCUT2D eigenvalue weighted by molar-refractivity contribution is 0.158. The molecule has 0 fully saturated rings. The van der Waals surface area contributed by atoms with Crippen LogP contribution < -0.4 is 0 Å². The summed E-state index contributed by atoms with van der Waals surface area (Å²) in [5.41, 5.74) is -0.757. The second-order valence-corrected chi connectivity index (χ2v) is 6.18. The largest absolute Gasteiger partial charge is 0.302 e. The number of halogens is 1. The van der Waals surface area contributed by atoms with Crippen molar-refractivity contribution in [3.63, 3.8) is 0 Å². The molecule has 0 rings (SSSR count). The van der Waals surface area contributed by atoms with Crippen LogP contribution in [-0.4, -0.2) is 14.2 Å². The van der Waals surface area contributed by atoms with E-state index in [0.717, 1.165) is 0 Å². The fourth-order valence-electron chi connectivity index (χ4n) is 0.648. The van der Waals surface area contributed by atoms with E-state index >= 15 is 0 Å². The maximum Gasteiger partial charge on any atom is 0.302 e. The van der Waals surface area contributed by atoms with E-state index in [9.17, 15) is 12.3 Å². The molecule has 0 aliphatic heterocycles. The summed E-state index contributed by atoms with van der Waals surface area (Å²) in [5, 5.41) is 0. The zero-order valence-electron chi connectivity index (χ0n) is 8.31. The van der Waals surface area contributed by atoms with Crippen LogP contribution in [0.1, 0.15) is 34.6 Å². The van der Waals surface area contributed by atoms with Gasteiger partial charge in [-0.15, -0.1) is 3.89 Å². The summed E-state index contributed by atoms with van der Waals surface area (Å²) in [4.78, 5) is 0. The molecular weight excluding hydrogens is 179 g/mol. The first kappa shape index (κ1) is 11.9. The highest BCUT2D eigenvalue weighted by Gasteiger charge is 2.36. The van der Waals surface area contributed by atoms with Gasteiger partial charge >= 0.3 is 10.2 Å². The van der Waals surface area contributed by atoms with Crippen molar-refractivity contribution < 1.29 is 12.3 Å². The summed E-state index contributed by atoms with van der Waals surface area (Å²) in [7, 11) is -4.36. The van der Waals surface area contributed by atoms with Crippen LogP contribution in [0.15, 0.2) is 0 Å². The SMILES string of the molecule is CC(C)(C)C(C)(C)CS(=O)(=O)F. The molecular formula is C8H17FO2S. The lowest BCUT2D eigenvalue weighted by Gasteiger charge is -2.37. The van der Waals surface area contributed by atoms with Gasteiger partial charge in [0, 0.05) is 0 Å². The van der Waals surface area contributed by atoms with Gasteiger partial charge in [0.05, 0.1) is 5.75 Å². The van der Waals surface area contributed by atoms with Crippen LogP contribution in [0.5, 0.6) is 0 Å². The first-order valence-corrected chi connectivity index (χ1v) is 5.43. The molecule has 0 saturated carbocycles. The van der Waals surface area contributed by atoms with Crippen molar-refractivity contribution in [2.45, 2.75) is 34.6 Å². The van der Waals surface area contributed by atoms with E-state index in [4.69, 9.17) is 0 Å². The Bertz CT molecular complexity index is 247. The highest BCUT2D eigenvalue weighted by atomic mass is 32.3. The predicted molar refractivity (Wildman–Crippen MR) is 48.1 cm³/mol. The fraction of sp³-hybridized carbons (Fsp3) is 1.00. The van der Waals surface area contributed by atoms with Crippen LogP contribution >= 0.6 is 0 Å². The number of rotatable bonds is 2. The van der Waals surface area contributed by atoms with Crippen LogP contribution in [0.4, 0.5) is 3.89 Å². The van der Waals surface area contributed by atoms with Gasteiger partial charge in [0.2, 0.25) is 0 Å². The molecule has 0 aliphatic carbocycles. The standard InChI is InChI=1S/C8H17FO2S/c1-7(2,3)8(4,5)6-12(9,10)11/h6H2,1-5H3. The Balaban J connectivity index is 4.67. The molecule has 0 atom stereocenters. The van der Waals surface area contributed by atoms with Gasteiger partial charge in [-0.2, -0.15) is 8.42 Å². The molecule has 0 aromatic rings. The highest BCUT2D eigenvalue weighted by Crippen LogP contribution is 2.39. The third-order valence-corrected chi connectivity index (χ3v) is 3.63. The third-order valence-electron chi connectivity index (χ3n) is 2.56. The van der Waals surface area contributed by atoms with Crippen LogP contribution in [0.25, 0.3) is 0 Å². The number of hydrogen-bond acceptors (Lipinski definition) is 2. The molecule has 0 heterocycles. The molecule has 4 heteroatoms. The van der Waals surface area contributed by atoms with E-state index in [2.05, 4.69) is 0 Å².